The molecular formula is C16H18N2O4S2. The Morgan fingerprint density at radius 2 is 2.21 bits per heavy atom. The van der Waals surface area contributed by atoms with E-state index in [1.165, 1.54) is 17.6 Å². The molecule has 6 nitrogen and oxygen atoms in total. The summed E-state index contributed by atoms with van der Waals surface area (Å²) in [6.07, 6.45) is 2.84. The number of nitrogens with zero attached hydrogens (tertiary/aromatic N) is 2. The second-order valence-corrected chi connectivity index (χ2v) is 9.02. The van der Waals surface area contributed by atoms with Crippen LogP contribution in [0.15, 0.2) is 23.6 Å². The number of hydrogen-bond acceptors (Lipinski definition) is 6. The zero-order valence-corrected chi connectivity index (χ0v) is 14.9. The first-order valence-electron chi connectivity index (χ1n) is 7.54. The lowest BCUT2D eigenvalue weighted by atomic mass is 9.96. The molecule has 2 heterocycles. The molecule has 0 radical (unpaired) electrons. The van der Waals surface area contributed by atoms with Crippen molar-refractivity contribution in [3.8, 4) is 0 Å². The molecule has 24 heavy (non-hydrogen) atoms. The SMILES string of the molecule is CS(=O)(=O)Cc1nc(CN2CCCc3c(C(=O)O)cccc32)cs1. The van der Waals surface area contributed by atoms with Gasteiger partial charge in [0.15, 0.2) is 9.84 Å². The fraction of sp³-hybridized carbons (Fsp3) is 0.375. The van der Waals surface area contributed by atoms with E-state index < -0.39 is 15.8 Å². The van der Waals surface area contributed by atoms with Gasteiger partial charge in [0.2, 0.25) is 0 Å². The minimum atomic E-state index is -3.09. The van der Waals surface area contributed by atoms with Gasteiger partial charge >= 0.3 is 5.97 Å². The Kier molecular flexibility index (Phi) is 4.60. The monoisotopic (exact) mass is 366 g/mol. The van der Waals surface area contributed by atoms with Crippen molar-refractivity contribution >= 4 is 32.8 Å². The first kappa shape index (κ1) is 16.9. The van der Waals surface area contributed by atoms with Gasteiger partial charge in [-0.15, -0.1) is 11.3 Å². The van der Waals surface area contributed by atoms with Gasteiger partial charge in [0.25, 0.3) is 0 Å². The Hall–Kier alpha value is -1.93. The summed E-state index contributed by atoms with van der Waals surface area (Å²) in [6, 6.07) is 5.33. The highest BCUT2D eigenvalue weighted by atomic mass is 32.2. The van der Waals surface area contributed by atoms with E-state index in [4.69, 9.17) is 0 Å². The molecule has 0 unspecified atom stereocenters. The molecule has 1 N–H and O–H groups in total. The highest BCUT2D eigenvalue weighted by molar-refractivity contribution is 7.90. The smallest absolute Gasteiger partial charge is 0.336 e. The van der Waals surface area contributed by atoms with Gasteiger partial charge in [0, 0.05) is 23.9 Å². The summed E-state index contributed by atoms with van der Waals surface area (Å²) in [6.45, 7) is 1.38. The normalized spacial score (nSPS) is 14.5. The molecule has 1 aliphatic rings. The van der Waals surface area contributed by atoms with E-state index >= 15 is 0 Å². The van der Waals surface area contributed by atoms with Crippen LogP contribution in [0.3, 0.4) is 0 Å². The fourth-order valence-corrected chi connectivity index (χ4v) is 4.97. The van der Waals surface area contributed by atoms with Crippen LogP contribution in [0.5, 0.6) is 0 Å². The maximum absolute atomic E-state index is 11.4. The van der Waals surface area contributed by atoms with Crippen molar-refractivity contribution in [2.24, 2.45) is 0 Å². The predicted molar refractivity (Wildman–Crippen MR) is 93.4 cm³/mol. The van der Waals surface area contributed by atoms with Crippen LogP contribution in [-0.4, -0.2) is 37.3 Å². The van der Waals surface area contributed by atoms with E-state index in [1.807, 2.05) is 11.4 Å². The molecule has 1 aromatic heterocycles. The van der Waals surface area contributed by atoms with Crippen LogP contribution in [0.25, 0.3) is 0 Å². The third-order valence-electron chi connectivity index (χ3n) is 3.92. The van der Waals surface area contributed by atoms with Crippen LogP contribution >= 0.6 is 11.3 Å². The van der Waals surface area contributed by atoms with Crippen molar-refractivity contribution in [1.82, 2.24) is 4.98 Å². The second kappa shape index (κ2) is 6.52. The number of rotatable bonds is 5. The molecule has 128 valence electrons. The van der Waals surface area contributed by atoms with Crippen LogP contribution in [0.4, 0.5) is 5.69 Å². The molecule has 1 aliphatic heterocycles. The van der Waals surface area contributed by atoms with Gasteiger partial charge in [0.1, 0.15) is 10.8 Å². The Morgan fingerprint density at radius 1 is 1.42 bits per heavy atom. The van der Waals surface area contributed by atoms with Gasteiger partial charge in [-0.3, -0.25) is 0 Å². The summed E-state index contributed by atoms with van der Waals surface area (Å²) in [5.74, 6) is -0.949. The standard InChI is InChI=1S/C16H18N2O4S2/c1-24(21,22)10-15-17-11(9-23-15)8-18-7-3-5-12-13(16(19)20)4-2-6-14(12)18/h2,4,6,9H,3,5,7-8,10H2,1H3,(H,19,20). The zero-order valence-electron chi connectivity index (χ0n) is 13.2. The molecule has 0 bridgehead atoms. The molecule has 1 aromatic carbocycles. The van der Waals surface area contributed by atoms with E-state index in [1.54, 1.807) is 12.1 Å². The third kappa shape index (κ3) is 3.76. The number of carboxylic acid groups (broad SMARTS) is 1. The first-order chi connectivity index (χ1) is 11.3. The van der Waals surface area contributed by atoms with E-state index in [0.29, 0.717) is 17.1 Å². The molecule has 0 fully saturated rings. The number of hydrogen-bond donors (Lipinski definition) is 1. The number of aromatic nitrogens is 1. The second-order valence-electron chi connectivity index (χ2n) is 5.94. The van der Waals surface area contributed by atoms with Crippen LogP contribution < -0.4 is 4.90 Å². The summed E-state index contributed by atoms with van der Waals surface area (Å²) in [5.41, 5.74) is 2.96. The molecule has 0 spiro atoms. The quantitative estimate of drug-likeness (QED) is 0.874. The lowest BCUT2D eigenvalue weighted by Crippen LogP contribution is -2.30. The minimum absolute atomic E-state index is 0.0442. The van der Waals surface area contributed by atoms with Gasteiger partial charge in [-0.25, -0.2) is 18.2 Å². The molecule has 0 saturated heterocycles. The van der Waals surface area contributed by atoms with Gasteiger partial charge in [0.05, 0.1) is 17.8 Å². The molecule has 0 amide bonds. The number of anilines is 1. The molecule has 0 atom stereocenters. The van der Waals surface area contributed by atoms with Crippen LogP contribution in [0, 0.1) is 0 Å². The highest BCUT2D eigenvalue weighted by Gasteiger charge is 2.22. The fourth-order valence-electron chi connectivity index (χ4n) is 2.97. The summed E-state index contributed by atoms with van der Waals surface area (Å²) in [5, 5.41) is 11.8. The molecule has 8 heteroatoms. The van der Waals surface area contributed by atoms with Crippen molar-refractivity contribution in [3.63, 3.8) is 0 Å². The molecule has 0 saturated carbocycles. The summed E-state index contributed by atoms with van der Waals surface area (Å²) in [7, 11) is -3.09. The lowest BCUT2D eigenvalue weighted by molar-refractivity contribution is 0.0695. The molecule has 0 aliphatic carbocycles. The average Bonchev–Trinajstić information content (AvgIpc) is 2.92. The van der Waals surface area contributed by atoms with Crippen molar-refractivity contribution in [2.45, 2.75) is 25.1 Å². The highest BCUT2D eigenvalue weighted by Crippen LogP contribution is 2.31. The number of aromatic carboxylic acids is 1. The van der Waals surface area contributed by atoms with E-state index in [2.05, 4.69) is 9.88 Å². The number of thiazole rings is 1. The topological polar surface area (TPSA) is 87.6 Å². The maximum Gasteiger partial charge on any atom is 0.336 e. The third-order valence-corrected chi connectivity index (χ3v) is 5.79. The number of sulfone groups is 1. The van der Waals surface area contributed by atoms with E-state index in [-0.39, 0.29) is 5.75 Å². The predicted octanol–water partition coefficient (Wildman–Crippen LogP) is 2.34. The van der Waals surface area contributed by atoms with Crippen molar-refractivity contribution in [2.75, 3.05) is 17.7 Å². The maximum atomic E-state index is 11.4. The zero-order chi connectivity index (χ0) is 17.3. The molecular weight excluding hydrogens is 348 g/mol. The average molecular weight is 366 g/mol. The lowest BCUT2D eigenvalue weighted by Gasteiger charge is -2.31. The largest absolute Gasteiger partial charge is 0.478 e. The Morgan fingerprint density at radius 3 is 2.92 bits per heavy atom. The van der Waals surface area contributed by atoms with Crippen LogP contribution in [0.1, 0.15) is 33.0 Å². The Bertz CT molecular complexity index is 874. The van der Waals surface area contributed by atoms with Gasteiger partial charge < -0.3 is 10.0 Å². The van der Waals surface area contributed by atoms with Gasteiger partial charge in [-0.1, -0.05) is 6.07 Å². The summed E-state index contributed by atoms with van der Waals surface area (Å²) < 4.78 is 22.7. The van der Waals surface area contributed by atoms with Gasteiger partial charge in [-0.2, -0.15) is 0 Å². The Balaban J connectivity index is 1.83. The number of fused-ring (bicyclic) bond motifs is 1. The summed E-state index contributed by atoms with van der Waals surface area (Å²) in [4.78, 5) is 17.9. The van der Waals surface area contributed by atoms with Crippen molar-refractivity contribution < 1.29 is 18.3 Å². The van der Waals surface area contributed by atoms with Gasteiger partial charge in [-0.05, 0) is 30.5 Å². The van der Waals surface area contributed by atoms with Crippen LogP contribution in [-0.2, 0) is 28.6 Å². The molecule has 3 rings (SSSR count). The molecule has 2 aromatic rings. The number of benzene rings is 1. The minimum Gasteiger partial charge on any atom is -0.478 e. The summed E-state index contributed by atoms with van der Waals surface area (Å²) >= 11 is 1.34. The first-order valence-corrected chi connectivity index (χ1v) is 10.5. The Labute approximate surface area is 144 Å². The van der Waals surface area contributed by atoms with Crippen molar-refractivity contribution in [1.29, 1.82) is 0 Å². The number of carboxylic acids is 1. The van der Waals surface area contributed by atoms with Crippen LogP contribution in [0.2, 0.25) is 0 Å². The number of carbonyl (C=O) groups is 1. The van der Waals surface area contributed by atoms with E-state index in [0.717, 1.165) is 36.3 Å². The van der Waals surface area contributed by atoms with E-state index in [9.17, 15) is 18.3 Å². The van der Waals surface area contributed by atoms with Crippen molar-refractivity contribution in [3.05, 3.63) is 45.4 Å².